The van der Waals surface area contributed by atoms with Crippen LogP contribution in [0.2, 0.25) is 0 Å². The summed E-state index contributed by atoms with van der Waals surface area (Å²) >= 11 is 0. The number of carbonyl (C=O) groups excluding carboxylic acids is 1. The Hall–Kier alpha value is -2.41. The fourth-order valence-electron chi connectivity index (χ4n) is 2.53. The number of aryl methyl sites for hydroxylation is 1. The van der Waals surface area contributed by atoms with Gasteiger partial charge in [0.25, 0.3) is 0 Å². The molecule has 1 amide bonds. The maximum atomic E-state index is 14.3. The number of anilines is 1. The van der Waals surface area contributed by atoms with E-state index in [0.717, 1.165) is 0 Å². The highest BCUT2D eigenvalue weighted by molar-refractivity contribution is 5.90. The van der Waals surface area contributed by atoms with Crippen molar-refractivity contribution in [3.05, 3.63) is 36.4 Å². The number of rotatable bonds is 4. The van der Waals surface area contributed by atoms with Crippen LogP contribution in [0.4, 0.5) is 14.9 Å². The SMILES string of the molecule is Cn1cc(-c2ccc(N3C[C@H](CCN)OC3=O)cc2F)cn1. The van der Waals surface area contributed by atoms with Crippen molar-refractivity contribution in [2.24, 2.45) is 12.8 Å². The molecule has 2 aromatic rings. The first kappa shape index (κ1) is 14.5. The predicted molar refractivity (Wildman–Crippen MR) is 79.9 cm³/mol. The number of carbonyl (C=O) groups is 1. The highest BCUT2D eigenvalue weighted by atomic mass is 19.1. The highest BCUT2D eigenvalue weighted by Gasteiger charge is 2.32. The molecule has 0 saturated carbocycles. The van der Waals surface area contributed by atoms with Crippen LogP contribution in [-0.4, -0.2) is 35.1 Å². The van der Waals surface area contributed by atoms with E-state index in [9.17, 15) is 9.18 Å². The van der Waals surface area contributed by atoms with Crippen LogP contribution in [-0.2, 0) is 11.8 Å². The van der Waals surface area contributed by atoms with Gasteiger partial charge in [0, 0.05) is 24.4 Å². The lowest BCUT2D eigenvalue weighted by atomic mass is 10.1. The van der Waals surface area contributed by atoms with Gasteiger partial charge in [-0.15, -0.1) is 0 Å². The molecule has 0 spiro atoms. The standard InChI is InChI=1S/C15H17FN4O2/c1-19-8-10(7-18-19)13-3-2-11(6-14(13)16)20-9-12(4-5-17)22-15(20)21/h2-3,6-8,12H,4-5,9,17H2,1H3/t12-/m0/s1. The maximum absolute atomic E-state index is 14.3. The molecule has 1 aliphatic heterocycles. The lowest BCUT2D eigenvalue weighted by Gasteiger charge is -2.14. The van der Waals surface area contributed by atoms with Crippen LogP contribution >= 0.6 is 0 Å². The number of halogens is 1. The van der Waals surface area contributed by atoms with E-state index in [-0.39, 0.29) is 6.10 Å². The van der Waals surface area contributed by atoms with Gasteiger partial charge >= 0.3 is 6.09 Å². The molecule has 1 atom stereocenters. The molecule has 6 nitrogen and oxygen atoms in total. The second kappa shape index (κ2) is 5.76. The Bertz CT molecular complexity index is 701. The molecular formula is C15H17FN4O2. The Kier molecular flexibility index (Phi) is 3.81. The summed E-state index contributed by atoms with van der Waals surface area (Å²) in [5, 5.41) is 4.03. The fraction of sp³-hybridized carbons (Fsp3) is 0.333. The molecule has 0 radical (unpaired) electrons. The molecule has 1 aromatic heterocycles. The quantitative estimate of drug-likeness (QED) is 0.936. The average Bonchev–Trinajstić information content (AvgIpc) is 3.05. The van der Waals surface area contributed by atoms with E-state index >= 15 is 0 Å². The van der Waals surface area contributed by atoms with Gasteiger partial charge in [-0.2, -0.15) is 5.10 Å². The number of hydrogen-bond donors (Lipinski definition) is 1. The number of hydrogen-bond acceptors (Lipinski definition) is 4. The van der Waals surface area contributed by atoms with Crippen molar-refractivity contribution in [2.45, 2.75) is 12.5 Å². The Morgan fingerprint density at radius 2 is 2.32 bits per heavy atom. The molecule has 0 aliphatic carbocycles. The molecule has 0 unspecified atom stereocenters. The van der Waals surface area contributed by atoms with Gasteiger partial charge < -0.3 is 10.5 Å². The van der Waals surface area contributed by atoms with Crippen molar-refractivity contribution in [3.63, 3.8) is 0 Å². The minimum atomic E-state index is -0.466. The van der Waals surface area contributed by atoms with E-state index in [4.69, 9.17) is 10.5 Å². The number of amides is 1. The zero-order valence-corrected chi connectivity index (χ0v) is 12.2. The Labute approximate surface area is 127 Å². The molecule has 1 aromatic carbocycles. The van der Waals surface area contributed by atoms with E-state index in [2.05, 4.69) is 5.10 Å². The number of aromatic nitrogens is 2. The molecule has 22 heavy (non-hydrogen) atoms. The van der Waals surface area contributed by atoms with Crippen LogP contribution in [0.25, 0.3) is 11.1 Å². The highest BCUT2D eigenvalue weighted by Crippen LogP contribution is 2.29. The topological polar surface area (TPSA) is 73.4 Å². The lowest BCUT2D eigenvalue weighted by molar-refractivity contribution is 0.138. The van der Waals surface area contributed by atoms with Crippen molar-refractivity contribution in [2.75, 3.05) is 18.0 Å². The zero-order valence-electron chi connectivity index (χ0n) is 12.2. The normalized spacial score (nSPS) is 17.9. The molecular weight excluding hydrogens is 287 g/mol. The number of cyclic esters (lactones) is 1. The van der Waals surface area contributed by atoms with Gasteiger partial charge in [0.1, 0.15) is 11.9 Å². The van der Waals surface area contributed by atoms with Crippen molar-refractivity contribution in [3.8, 4) is 11.1 Å². The van der Waals surface area contributed by atoms with Gasteiger partial charge in [-0.25, -0.2) is 9.18 Å². The lowest BCUT2D eigenvalue weighted by Crippen LogP contribution is -2.25. The molecule has 116 valence electrons. The Balaban J connectivity index is 1.85. The summed E-state index contributed by atoms with van der Waals surface area (Å²) < 4.78 is 21.1. The van der Waals surface area contributed by atoms with E-state index in [1.54, 1.807) is 36.3 Å². The summed E-state index contributed by atoms with van der Waals surface area (Å²) in [5.41, 5.74) is 7.09. The van der Waals surface area contributed by atoms with Gasteiger partial charge in [-0.3, -0.25) is 9.58 Å². The maximum Gasteiger partial charge on any atom is 0.414 e. The third kappa shape index (κ3) is 2.67. The smallest absolute Gasteiger partial charge is 0.414 e. The largest absolute Gasteiger partial charge is 0.444 e. The summed E-state index contributed by atoms with van der Waals surface area (Å²) in [6.45, 7) is 0.835. The van der Waals surface area contributed by atoms with E-state index in [0.29, 0.717) is 36.3 Å². The predicted octanol–water partition coefficient (Wildman–Crippen LogP) is 1.90. The van der Waals surface area contributed by atoms with Crippen molar-refractivity contribution < 1.29 is 13.9 Å². The van der Waals surface area contributed by atoms with Crippen molar-refractivity contribution >= 4 is 11.8 Å². The van der Waals surface area contributed by atoms with Gasteiger partial charge in [0.2, 0.25) is 0 Å². The Morgan fingerprint density at radius 3 is 2.95 bits per heavy atom. The van der Waals surface area contributed by atoms with E-state index < -0.39 is 11.9 Å². The van der Waals surface area contributed by atoms with Gasteiger partial charge in [-0.05, 0) is 31.2 Å². The summed E-state index contributed by atoms with van der Waals surface area (Å²) in [4.78, 5) is 13.3. The van der Waals surface area contributed by atoms with Crippen LogP contribution in [0.1, 0.15) is 6.42 Å². The van der Waals surface area contributed by atoms with Crippen molar-refractivity contribution in [1.82, 2.24) is 9.78 Å². The van der Waals surface area contributed by atoms with E-state index in [1.165, 1.54) is 11.0 Å². The summed E-state index contributed by atoms with van der Waals surface area (Å²) in [7, 11) is 1.77. The van der Waals surface area contributed by atoms with Gasteiger partial charge in [0.15, 0.2) is 0 Å². The van der Waals surface area contributed by atoms with Crippen LogP contribution < -0.4 is 10.6 Å². The summed E-state index contributed by atoms with van der Waals surface area (Å²) in [6, 6.07) is 4.69. The van der Waals surface area contributed by atoms with Gasteiger partial charge in [-0.1, -0.05) is 0 Å². The number of ether oxygens (including phenoxy) is 1. The second-order valence-corrected chi connectivity index (χ2v) is 5.26. The average molecular weight is 304 g/mol. The number of nitrogens with two attached hydrogens (primary N) is 1. The molecule has 1 fully saturated rings. The second-order valence-electron chi connectivity index (χ2n) is 5.26. The van der Waals surface area contributed by atoms with Crippen LogP contribution in [0, 0.1) is 5.82 Å². The monoisotopic (exact) mass is 304 g/mol. The molecule has 2 N–H and O–H groups in total. The number of nitrogens with zero attached hydrogens (tertiary/aromatic N) is 3. The van der Waals surface area contributed by atoms with Crippen LogP contribution in [0.15, 0.2) is 30.6 Å². The fourth-order valence-corrected chi connectivity index (χ4v) is 2.53. The zero-order chi connectivity index (χ0) is 15.7. The first-order valence-electron chi connectivity index (χ1n) is 7.05. The third-order valence-electron chi connectivity index (χ3n) is 3.64. The first-order chi connectivity index (χ1) is 10.6. The molecule has 1 aliphatic rings. The molecule has 0 bridgehead atoms. The molecule has 7 heteroatoms. The Morgan fingerprint density at radius 1 is 1.50 bits per heavy atom. The van der Waals surface area contributed by atoms with Crippen LogP contribution in [0.5, 0.6) is 0 Å². The third-order valence-corrected chi connectivity index (χ3v) is 3.64. The van der Waals surface area contributed by atoms with E-state index in [1.807, 2.05) is 0 Å². The van der Waals surface area contributed by atoms with Gasteiger partial charge in [0.05, 0.1) is 18.4 Å². The minimum Gasteiger partial charge on any atom is -0.444 e. The summed E-state index contributed by atoms with van der Waals surface area (Å²) in [5.74, 6) is -0.402. The first-order valence-corrected chi connectivity index (χ1v) is 7.05. The molecule has 1 saturated heterocycles. The minimum absolute atomic E-state index is 0.237. The van der Waals surface area contributed by atoms with Crippen LogP contribution in [0.3, 0.4) is 0 Å². The van der Waals surface area contributed by atoms with Crippen molar-refractivity contribution in [1.29, 1.82) is 0 Å². The summed E-state index contributed by atoms with van der Waals surface area (Å²) in [6.07, 6.45) is 3.22. The molecule has 2 heterocycles. The number of benzene rings is 1. The molecule has 3 rings (SSSR count).